The standard InChI is InChI=1S/C68H131NO3/c1-3-5-7-9-11-13-15-17-19-34-37-41-45-49-53-57-61-66(65-70)69-68(72)64-60-56-52-48-44-40-36-32-30-28-26-24-22-20-21-23-25-27-29-31-35-39-43-47-51-55-59-63-67(71)62-58-54-50-46-42-38-33-18-16-14-12-10-8-6-4-2/h12,14,18,33,66,70H,3-11,13,15-17,19-32,34-65H2,1-2H3,(H,69,72). The average molecular weight is 1010 g/mol. The highest BCUT2D eigenvalue weighted by molar-refractivity contribution is 5.78. The van der Waals surface area contributed by atoms with Crippen LogP contribution in [0.5, 0.6) is 0 Å². The summed E-state index contributed by atoms with van der Waals surface area (Å²) in [5.41, 5.74) is 0. The molecule has 2 N–H and O–H groups in total. The molecule has 0 fully saturated rings. The summed E-state index contributed by atoms with van der Waals surface area (Å²) in [6, 6.07) is -0.0604. The van der Waals surface area contributed by atoms with Crippen LogP contribution < -0.4 is 5.32 Å². The Labute approximate surface area is 452 Å². The van der Waals surface area contributed by atoms with E-state index in [9.17, 15) is 14.7 Å². The number of carbonyl (C=O) groups excluding carboxylic acids is 2. The van der Waals surface area contributed by atoms with Gasteiger partial charge in [0.15, 0.2) is 0 Å². The van der Waals surface area contributed by atoms with Gasteiger partial charge in [0.25, 0.3) is 0 Å². The van der Waals surface area contributed by atoms with E-state index < -0.39 is 0 Å². The zero-order chi connectivity index (χ0) is 52.0. The Morgan fingerprint density at radius 1 is 0.319 bits per heavy atom. The number of carbonyl (C=O) groups is 2. The molecule has 0 saturated carbocycles. The number of unbranched alkanes of at least 4 members (excludes halogenated alkanes) is 49. The molecule has 4 heteroatoms. The maximum atomic E-state index is 12.5. The molecule has 0 aliphatic rings. The van der Waals surface area contributed by atoms with Gasteiger partial charge < -0.3 is 10.4 Å². The van der Waals surface area contributed by atoms with Gasteiger partial charge in [0.1, 0.15) is 5.78 Å². The first-order valence-electron chi connectivity index (χ1n) is 33.4. The van der Waals surface area contributed by atoms with E-state index >= 15 is 0 Å². The van der Waals surface area contributed by atoms with Crippen LogP contribution in [0.2, 0.25) is 0 Å². The van der Waals surface area contributed by atoms with Crippen LogP contribution in [0.15, 0.2) is 24.3 Å². The van der Waals surface area contributed by atoms with Gasteiger partial charge in [0, 0.05) is 19.3 Å². The van der Waals surface area contributed by atoms with Crippen LogP contribution in [0.25, 0.3) is 0 Å². The van der Waals surface area contributed by atoms with E-state index in [-0.39, 0.29) is 18.6 Å². The van der Waals surface area contributed by atoms with Gasteiger partial charge in [-0.15, -0.1) is 0 Å². The van der Waals surface area contributed by atoms with Crippen molar-refractivity contribution in [3.63, 3.8) is 0 Å². The van der Waals surface area contributed by atoms with Crippen molar-refractivity contribution in [3.05, 3.63) is 24.3 Å². The summed E-state index contributed by atoms with van der Waals surface area (Å²) in [6.45, 7) is 4.62. The molecule has 0 rings (SSSR count). The minimum Gasteiger partial charge on any atom is -0.394 e. The third kappa shape index (κ3) is 61.1. The maximum Gasteiger partial charge on any atom is 0.220 e. The average Bonchev–Trinajstić information content (AvgIpc) is 3.38. The molecule has 0 aromatic carbocycles. The molecule has 0 radical (unpaired) electrons. The van der Waals surface area contributed by atoms with Gasteiger partial charge in [0.05, 0.1) is 12.6 Å². The number of hydrogen-bond donors (Lipinski definition) is 2. The molecular formula is C68H131NO3. The van der Waals surface area contributed by atoms with E-state index in [0.717, 1.165) is 57.8 Å². The number of allylic oxidation sites excluding steroid dienone is 4. The summed E-state index contributed by atoms with van der Waals surface area (Å²) >= 11 is 0. The lowest BCUT2D eigenvalue weighted by atomic mass is 10.0. The second-order valence-electron chi connectivity index (χ2n) is 23.1. The smallest absolute Gasteiger partial charge is 0.220 e. The number of aliphatic hydroxyl groups excluding tert-OH is 1. The van der Waals surface area contributed by atoms with E-state index in [2.05, 4.69) is 43.5 Å². The van der Waals surface area contributed by atoms with Gasteiger partial charge in [0.2, 0.25) is 5.91 Å². The van der Waals surface area contributed by atoms with Crippen molar-refractivity contribution in [2.75, 3.05) is 6.61 Å². The number of ketones is 1. The van der Waals surface area contributed by atoms with Crippen LogP contribution in [-0.4, -0.2) is 29.4 Å². The number of Topliss-reactive ketones (excluding diaryl/α,β-unsaturated/α-hetero) is 1. The van der Waals surface area contributed by atoms with E-state index in [1.54, 1.807) is 0 Å². The van der Waals surface area contributed by atoms with Gasteiger partial charge in [-0.1, -0.05) is 334 Å². The molecule has 0 aliphatic carbocycles. The fourth-order valence-electron chi connectivity index (χ4n) is 10.7. The first kappa shape index (κ1) is 70.6. The number of rotatable bonds is 63. The number of nitrogens with one attached hydrogen (secondary N) is 1. The molecule has 0 aliphatic heterocycles. The van der Waals surface area contributed by atoms with Crippen molar-refractivity contribution >= 4 is 11.7 Å². The Kier molecular flexibility index (Phi) is 62.6. The summed E-state index contributed by atoms with van der Waals surface area (Å²) < 4.78 is 0. The second kappa shape index (κ2) is 63.9. The summed E-state index contributed by atoms with van der Waals surface area (Å²) in [7, 11) is 0. The minimum atomic E-state index is -0.0604. The molecule has 4 nitrogen and oxygen atoms in total. The lowest BCUT2D eigenvalue weighted by Gasteiger charge is -2.16. The van der Waals surface area contributed by atoms with E-state index in [4.69, 9.17) is 0 Å². The Morgan fingerprint density at radius 3 is 0.889 bits per heavy atom. The molecule has 0 bridgehead atoms. The molecule has 0 aromatic rings. The predicted octanol–water partition coefficient (Wildman–Crippen LogP) is 22.8. The van der Waals surface area contributed by atoms with Gasteiger partial charge >= 0.3 is 0 Å². The molecule has 72 heavy (non-hydrogen) atoms. The zero-order valence-corrected chi connectivity index (χ0v) is 49.4. The fourth-order valence-corrected chi connectivity index (χ4v) is 10.7. The van der Waals surface area contributed by atoms with Crippen molar-refractivity contribution in [2.45, 2.75) is 392 Å². The quantitative estimate of drug-likeness (QED) is 0.0471. The predicted molar refractivity (Wildman–Crippen MR) is 321 cm³/mol. The largest absolute Gasteiger partial charge is 0.394 e. The Bertz CT molecular complexity index is 1100. The monoisotopic (exact) mass is 1010 g/mol. The molecule has 426 valence electrons. The molecule has 0 heterocycles. The zero-order valence-electron chi connectivity index (χ0n) is 49.4. The lowest BCUT2D eigenvalue weighted by molar-refractivity contribution is -0.122. The van der Waals surface area contributed by atoms with Crippen molar-refractivity contribution < 1.29 is 14.7 Å². The van der Waals surface area contributed by atoms with E-state index in [0.29, 0.717) is 12.2 Å². The van der Waals surface area contributed by atoms with Crippen LogP contribution in [0.4, 0.5) is 0 Å². The number of hydrogen-bond acceptors (Lipinski definition) is 3. The van der Waals surface area contributed by atoms with Gasteiger partial charge in [-0.3, -0.25) is 9.59 Å². The topological polar surface area (TPSA) is 66.4 Å². The highest BCUT2D eigenvalue weighted by Crippen LogP contribution is 2.19. The Morgan fingerprint density at radius 2 is 0.569 bits per heavy atom. The third-order valence-electron chi connectivity index (χ3n) is 15.8. The first-order chi connectivity index (χ1) is 35.6. The van der Waals surface area contributed by atoms with Gasteiger partial charge in [-0.2, -0.15) is 0 Å². The molecule has 1 unspecified atom stereocenters. The van der Waals surface area contributed by atoms with Crippen LogP contribution in [0.3, 0.4) is 0 Å². The molecule has 1 atom stereocenters. The number of aliphatic hydroxyl groups is 1. The molecule has 0 aromatic heterocycles. The maximum absolute atomic E-state index is 12.5. The SMILES string of the molecule is CCCCCC=CCC=CCCCCCCCC(=O)CCCCCCCCCCCCCCCCCCCCCCCCCCCCCC(=O)NC(CO)CCCCCCCCCCCCCCCCCC. The summed E-state index contributed by atoms with van der Waals surface area (Å²) in [5.74, 6) is 0.642. The van der Waals surface area contributed by atoms with Crippen LogP contribution in [-0.2, 0) is 9.59 Å². The number of amides is 1. The van der Waals surface area contributed by atoms with Gasteiger partial charge in [-0.05, 0) is 57.8 Å². The summed E-state index contributed by atoms with van der Waals surface area (Å²) in [6.07, 6.45) is 84.8. The van der Waals surface area contributed by atoms with Crippen LogP contribution in [0, 0.1) is 0 Å². The van der Waals surface area contributed by atoms with Gasteiger partial charge in [-0.25, -0.2) is 0 Å². The normalized spacial score (nSPS) is 12.3. The Hall–Kier alpha value is -1.42. The fraction of sp³-hybridized carbons (Fsp3) is 0.912. The highest BCUT2D eigenvalue weighted by Gasteiger charge is 2.11. The molecular weight excluding hydrogens is 879 g/mol. The molecule has 0 spiro atoms. The van der Waals surface area contributed by atoms with Crippen molar-refractivity contribution in [2.24, 2.45) is 0 Å². The van der Waals surface area contributed by atoms with Crippen LogP contribution in [0.1, 0.15) is 386 Å². The lowest BCUT2D eigenvalue weighted by Crippen LogP contribution is -2.37. The summed E-state index contributed by atoms with van der Waals surface area (Å²) in [4.78, 5) is 24.7. The van der Waals surface area contributed by atoms with Crippen molar-refractivity contribution in [3.8, 4) is 0 Å². The van der Waals surface area contributed by atoms with Crippen molar-refractivity contribution in [1.82, 2.24) is 5.32 Å². The molecule has 0 saturated heterocycles. The van der Waals surface area contributed by atoms with Crippen LogP contribution >= 0.6 is 0 Å². The Balaban J connectivity index is 3.30. The summed E-state index contributed by atoms with van der Waals surface area (Å²) in [5, 5.41) is 12.9. The van der Waals surface area contributed by atoms with E-state index in [1.165, 1.54) is 308 Å². The molecule has 1 amide bonds. The second-order valence-corrected chi connectivity index (χ2v) is 23.1. The third-order valence-corrected chi connectivity index (χ3v) is 15.8. The van der Waals surface area contributed by atoms with Crippen molar-refractivity contribution in [1.29, 1.82) is 0 Å². The highest BCUT2D eigenvalue weighted by atomic mass is 16.3. The minimum absolute atomic E-state index is 0.0604. The van der Waals surface area contributed by atoms with E-state index in [1.807, 2.05) is 0 Å². The first-order valence-corrected chi connectivity index (χ1v) is 33.4.